The third-order valence-corrected chi connectivity index (χ3v) is 3.08. The second kappa shape index (κ2) is 5.39. The molecule has 2 nitrogen and oxygen atoms in total. The molecule has 0 radical (unpaired) electrons. The first-order valence-electron chi connectivity index (χ1n) is 4.12. The van der Waals surface area contributed by atoms with Crippen molar-refractivity contribution < 1.29 is 31.1 Å². The highest BCUT2D eigenvalue weighted by molar-refractivity contribution is 14.1. The zero-order chi connectivity index (χ0) is 14.1. The Kier molecular flexibility index (Phi) is 4.73. The molecule has 0 unspecified atom stereocenters. The number of alkyl halides is 7. The summed E-state index contributed by atoms with van der Waals surface area (Å²) < 4.78 is 77.4. The summed E-state index contributed by atoms with van der Waals surface area (Å²) in [6, 6.07) is 0. The van der Waals surface area contributed by atoms with Crippen molar-refractivity contribution >= 4 is 38.5 Å². The summed E-state index contributed by atoms with van der Waals surface area (Å²) in [5.74, 6) is -0.935. The van der Waals surface area contributed by atoms with E-state index in [0.717, 1.165) is 0 Å². The maximum Gasteiger partial charge on any atom is 0.573 e. The van der Waals surface area contributed by atoms with Crippen LogP contribution in [0.15, 0.2) is 6.20 Å². The number of halogens is 8. The third-order valence-electron chi connectivity index (χ3n) is 1.75. The lowest BCUT2D eigenvalue weighted by Crippen LogP contribution is -2.21. The average Bonchev–Trinajstić information content (AvgIpc) is 2.17. The highest BCUT2D eigenvalue weighted by atomic mass is 127. The van der Waals surface area contributed by atoms with Crippen molar-refractivity contribution in [2.75, 3.05) is 0 Å². The maximum absolute atomic E-state index is 12.6. The zero-order valence-corrected chi connectivity index (χ0v) is 11.9. The first kappa shape index (κ1) is 15.8. The van der Waals surface area contributed by atoms with Gasteiger partial charge in [0.25, 0.3) is 0 Å². The lowest BCUT2D eigenvalue weighted by molar-refractivity contribution is -0.275. The summed E-state index contributed by atoms with van der Waals surface area (Å²) in [7, 11) is 0. The van der Waals surface area contributed by atoms with Crippen molar-refractivity contribution in [1.82, 2.24) is 4.98 Å². The van der Waals surface area contributed by atoms with E-state index < -0.39 is 34.7 Å². The van der Waals surface area contributed by atoms with Gasteiger partial charge in [0.15, 0.2) is 5.75 Å². The van der Waals surface area contributed by atoms with Crippen LogP contribution in [0.5, 0.6) is 5.75 Å². The predicted octanol–water partition coefficient (Wildman–Crippen LogP) is 4.50. The van der Waals surface area contributed by atoms with Gasteiger partial charge in [0, 0.05) is 17.1 Å². The molecule has 0 fully saturated rings. The predicted molar refractivity (Wildman–Crippen MR) is 61.3 cm³/mol. The fourth-order valence-electron chi connectivity index (χ4n) is 1.10. The van der Waals surface area contributed by atoms with Crippen molar-refractivity contribution in [3.63, 3.8) is 0 Å². The molecule has 1 aromatic heterocycles. The van der Waals surface area contributed by atoms with Crippen LogP contribution in [-0.4, -0.2) is 11.3 Å². The summed E-state index contributed by atoms with van der Waals surface area (Å²) in [6.07, 6.45) is -9.41. The van der Waals surface area contributed by atoms with Crippen LogP contribution in [0.2, 0.25) is 0 Å². The van der Waals surface area contributed by atoms with Gasteiger partial charge in [-0.1, -0.05) is 15.9 Å². The molecule has 0 bridgehead atoms. The molecule has 0 aliphatic carbocycles. The Balaban J connectivity index is 3.40. The summed E-state index contributed by atoms with van der Waals surface area (Å²) >= 11 is 4.08. The molecule has 0 atom stereocenters. The van der Waals surface area contributed by atoms with Gasteiger partial charge in [0.05, 0.1) is 5.56 Å². The largest absolute Gasteiger partial charge is 0.573 e. The molecule has 0 N–H and O–H groups in total. The van der Waals surface area contributed by atoms with Crippen molar-refractivity contribution in [2.24, 2.45) is 0 Å². The Labute approximate surface area is 119 Å². The van der Waals surface area contributed by atoms with E-state index in [1.165, 1.54) is 22.6 Å². The Bertz CT molecular complexity index is 446. The van der Waals surface area contributed by atoms with Crippen LogP contribution < -0.4 is 4.74 Å². The van der Waals surface area contributed by atoms with E-state index in [1.54, 1.807) is 0 Å². The SMILES string of the molecule is FC(F)(F)Oc1c(I)ncc(C(F)(F)F)c1CBr. The Hall–Kier alpha value is -0.260. The van der Waals surface area contributed by atoms with Crippen LogP contribution in [0, 0.1) is 3.70 Å². The second-order valence-electron chi connectivity index (χ2n) is 2.95. The monoisotopic (exact) mass is 449 g/mol. The van der Waals surface area contributed by atoms with Crippen LogP contribution >= 0.6 is 38.5 Å². The molecular formula is C8H3BrF6INO. The summed E-state index contributed by atoms with van der Waals surface area (Å²) in [5, 5.41) is -0.439. The van der Waals surface area contributed by atoms with Crippen LogP contribution in [0.4, 0.5) is 26.3 Å². The molecule has 0 spiro atoms. The molecule has 1 rings (SSSR count). The molecule has 0 aliphatic rings. The van der Waals surface area contributed by atoms with Gasteiger partial charge >= 0.3 is 12.5 Å². The maximum atomic E-state index is 12.6. The molecule has 1 aromatic rings. The molecule has 0 aromatic carbocycles. The molecule has 0 aliphatic heterocycles. The minimum Gasteiger partial charge on any atom is -0.403 e. The van der Waals surface area contributed by atoms with E-state index in [1.807, 2.05) is 0 Å². The Morgan fingerprint density at radius 2 is 1.78 bits per heavy atom. The van der Waals surface area contributed by atoms with Gasteiger partial charge in [-0.3, -0.25) is 0 Å². The van der Waals surface area contributed by atoms with E-state index in [2.05, 4.69) is 25.7 Å². The van der Waals surface area contributed by atoms with E-state index in [0.29, 0.717) is 6.20 Å². The molecule has 0 saturated heterocycles. The van der Waals surface area contributed by atoms with Crippen molar-refractivity contribution in [3.8, 4) is 5.75 Å². The highest BCUT2D eigenvalue weighted by Gasteiger charge is 2.39. The summed E-state index contributed by atoms with van der Waals surface area (Å²) in [6.45, 7) is 0. The number of hydrogen-bond donors (Lipinski definition) is 0. The van der Waals surface area contributed by atoms with E-state index in [9.17, 15) is 26.3 Å². The van der Waals surface area contributed by atoms with Gasteiger partial charge in [-0.05, 0) is 22.6 Å². The molecular weight excluding hydrogens is 447 g/mol. The van der Waals surface area contributed by atoms with Crippen molar-refractivity contribution in [3.05, 3.63) is 21.0 Å². The average molecular weight is 450 g/mol. The van der Waals surface area contributed by atoms with Gasteiger partial charge in [0.2, 0.25) is 0 Å². The van der Waals surface area contributed by atoms with Crippen LogP contribution in [0.25, 0.3) is 0 Å². The van der Waals surface area contributed by atoms with E-state index in [-0.39, 0.29) is 3.70 Å². The molecule has 0 amide bonds. The van der Waals surface area contributed by atoms with Gasteiger partial charge in [-0.2, -0.15) is 13.2 Å². The second-order valence-corrected chi connectivity index (χ2v) is 4.53. The van der Waals surface area contributed by atoms with Gasteiger partial charge < -0.3 is 4.74 Å². The topological polar surface area (TPSA) is 22.1 Å². The minimum atomic E-state index is -5.08. The Morgan fingerprint density at radius 3 is 2.17 bits per heavy atom. The molecule has 102 valence electrons. The van der Waals surface area contributed by atoms with Gasteiger partial charge in [0.1, 0.15) is 3.70 Å². The fourth-order valence-corrected chi connectivity index (χ4v) is 2.23. The van der Waals surface area contributed by atoms with E-state index >= 15 is 0 Å². The zero-order valence-electron chi connectivity index (χ0n) is 8.16. The lowest BCUT2D eigenvalue weighted by Gasteiger charge is -2.17. The van der Waals surface area contributed by atoms with Crippen LogP contribution in [0.3, 0.4) is 0 Å². The smallest absolute Gasteiger partial charge is 0.403 e. The number of aromatic nitrogens is 1. The van der Waals surface area contributed by atoms with Gasteiger partial charge in [-0.25, -0.2) is 4.98 Å². The fraction of sp³-hybridized carbons (Fsp3) is 0.375. The van der Waals surface area contributed by atoms with E-state index in [4.69, 9.17) is 0 Å². The first-order chi connectivity index (χ1) is 8.06. The van der Waals surface area contributed by atoms with Crippen LogP contribution in [-0.2, 0) is 11.5 Å². The molecule has 10 heteroatoms. The Morgan fingerprint density at radius 1 is 1.22 bits per heavy atom. The van der Waals surface area contributed by atoms with Crippen molar-refractivity contribution in [1.29, 1.82) is 0 Å². The highest BCUT2D eigenvalue weighted by Crippen LogP contribution is 2.40. The number of hydrogen-bond acceptors (Lipinski definition) is 2. The summed E-state index contributed by atoms with van der Waals surface area (Å²) in [4.78, 5) is 3.26. The number of pyridine rings is 1. The van der Waals surface area contributed by atoms with Gasteiger partial charge in [-0.15, -0.1) is 13.2 Å². The molecule has 1 heterocycles. The minimum absolute atomic E-state index is 0.299. The third kappa shape index (κ3) is 3.87. The number of ether oxygens (including phenoxy) is 1. The van der Waals surface area contributed by atoms with Crippen molar-refractivity contribution in [2.45, 2.75) is 17.9 Å². The number of nitrogens with zero attached hydrogens (tertiary/aromatic N) is 1. The standard InChI is InChI=1S/C8H3BrF6INO/c9-1-3-4(7(10,11)12)2-17-6(16)5(3)18-8(13,14)15/h2H,1H2. The van der Waals surface area contributed by atoms with Crippen LogP contribution in [0.1, 0.15) is 11.1 Å². The molecule has 0 saturated carbocycles. The number of rotatable bonds is 2. The summed E-state index contributed by atoms with van der Waals surface area (Å²) in [5.41, 5.74) is -1.90. The molecule has 18 heavy (non-hydrogen) atoms. The normalized spacial score (nSPS) is 12.7. The first-order valence-corrected chi connectivity index (χ1v) is 6.32. The lowest BCUT2D eigenvalue weighted by atomic mass is 10.1. The quantitative estimate of drug-likeness (QED) is 0.287.